The summed E-state index contributed by atoms with van der Waals surface area (Å²) in [5.74, 6) is -0.286. The molecule has 0 aromatic carbocycles. The number of hydrogen-bond acceptors (Lipinski definition) is 2. The summed E-state index contributed by atoms with van der Waals surface area (Å²) < 4.78 is 38.0. The van der Waals surface area contributed by atoms with Crippen LogP contribution in [0.25, 0.3) is 0 Å². The van der Waals surface area contributed by atoms with E-state index >= 15 is 0 Å². The molecule has 3 nitrogen and oxygen atoms in total. The Labute approximate surface area is 88.8 Å². The summed E-state index contributed by atoms with van der Waals surface area (Å²) in [5.41, 5.74) is -1.01. The van der Waals surface area contributed by atoms with Crippen molar-refractivity contribution in [1.82, 2.24) is 9.78 Å². The predicted octanol–water partition coefficient (Wildman–Crippen LogP) is 2.45. The molecule has 0 N–H and O–H groups in total. The fourth-order valence-electron chi connectivity index (χ4n) is 1.07. The highest BCUT2D eigenvalue weighted by molar-refractivity contribution is 6.31. The number of carbonyl (C=O) groups excluding carboxylic acids is 1. The Morgan fingerprint density at radius 2 is 2.07 bits per heavy atom. The summed E-state index contributed by atoms with van der Waals surface area (Å²) >= 11 is 5.47. The quantitative estimate of drug-likeness (QED) is 0.796. The first kappa shape index (κ1) is 12.0. The van der Waals surface area contributed by atoms with Gasteiger partial charge in [-0.05, 0) is 13.8 Å². The third-order valence-corrected chi connectivity index (χ3v) is 2.23. The fraction of sp³-hybridized carbons (Fsp3) is 0.500. The molecule has 7 heteroatoms. The summed E-state index contributed by atoms with van der Waals surface area (Å²) in [6, 6.07) is 0. The molecule has 0 aliphatic rings. The van der Waals surface area contributed by atoms with Gasteiger partial charge in [0.05, 0.1) is 17.3 Å². The third-order valence-electron chi connectivity index (χ3n) is 1.77. The lowest BCUT2D eigenvalue weighted by molar-refractivity contribution is -0.141. The van der Waals surface area contributed by atoms with Crippen LogP contribution >= 0.6 is 11.6 Å². The number of carbonyl (C=O) groups is 1. The maximum absolute atomic E-state index is 12.3. The topological polar surface area (TPSA) is 34.9 Å². The van der Waals surface area contributed by atoms with Gasteiger partial charge in [-0.1, -0.05) is 11.6 Å². The van der Waals surface area contributed by atoms with Gasteiger partial charge in [0, 0.05) is 0 Å². The molecule has 1 rings (SSSR count). The number of rotatable bonds is 2. The Bertz CT molecular complexity index is 397. The predicted molar refractivity (Wildman–Crippen MR) is 47.7 cm³/mol. The zero-order valence-corrected chi connectivity index (χ0v) is 8.78. The lowest BCUT2D eigenvalue weighted by atomic mass is 10.3. The minimum absolute atomic E-state index is 0.138. The normalized spacial score (nSPS) is 11.9. The molecule has 0 atom stereocenters. The van der Waals surface area contributed by atoms with Crippen LogP contribution < -0.4 is 0 Å². The molecule has 0 saturated heterocycles. The van der Waals surface area contributed by atoms with E-state index in [1.807, 2.05) is 0 Å². The Hall–Kier alpha value is -1.04. The van der Waals surface area contributed by atoms with Gasteiger partial charge in [-0.2, -0.15) is 18.3 Å². The molecule has 1 aromatic heterocycles. The molecular formula is C8H8ClF3N2O. The molecule has 0 unspecified atom stereocenters. The highest BCUT2D eigenvalue weighted by Gasteiger charge is 2.38. The van der Waals surface area contributed by atoms with Gasteiger partial charge in [-0.3, -0.25) is 9.48 Å². The molecule has 0 spiro atoms. The minimum atomic E-state index is -4.59. The molecule has 0 aliphatic heterocycles. The molecular weight excluding hydrogens is 233 g/mol. The van der Waals surface area contributed by atoms with Gasteiger partial charge in [0.2, 0.25) is 0 Å². The molecule has 0 bridgehead atoms. The lowest BCUT2D eigenvalue weighted by Crippen LogP contribution is -2.12. The molecule has 0 amide bonds. The van der Waals surface area contributed by atoms with Crippen LogP contribution in [0.15, 0.2) is 0 Å². The van der Waals surface area contributed by atoms with Crippen LogP contribution in [0, 0.1) is 6.92 Å². The molecule has 84 valence electrons. The van der Waals surface area contributed by atoms with Crippen LogP contribution in [0.3, 0.4) is 0 Å². The van der Waals surface area contributed by atoms with E-state index in [0.717, 1.165) is 4.68 Å². The van der Waals surface area contributed by atoms with Crippen molar-refractivity contribution in [2.24, 2.45) is 0 Å². The average molecular weight is 241 g/mol. The highest BCUT2D eigenvalue weighted by atomic mass is 35.5. The van der Waals surface area contributed by atoms with E-state index in [2.05, 4.69) is 5.10 Å². The maximum atomic E-state index is 12.3. The second kappa shape index (κ2) is 3.84. The van der Waals surface area contributed by atoms with E-state index in [-0.39, 0.29) is 18.0 Å². The first-order valence-electron chi connectivity index (χ1n) is 4.03. The Morgan fingerprint density at radius 1 is 1.53 bits per heavy atom. The fourth-order valence-corrected chi connectivity index (χ4v) is 1.31. The van der Waals surface area contributed by atoms with Crippen LogP contribution in [0.4, 0.5) is 13.2 Å². The van der Waals surface area contributed by atoms with Gasteiger partial charge in [0.1, 0.15) is 0 Å². The smallest absolute Gasteiger partial charge is 0.298 e. The van der Waals surface area contributed by atoms with E-state index in [4.69, 9.17) is 11.6 Å². The largest absolute Gasteiger partial charge is 0.436 e. The Morgan fingerprint density at radius 3 is 2.40 bits per heavy atom. The molecule has 0 saturated carbocycles. The van der Waals surface area contributed by atoms with E-state index < -0.39 is 16.9 Å². The SMILES string of the molecule is CC(=O)Cn1nc(C(F)(F)F)c(Cl)c1C. The lowest BCUT2D eigenvalue weighted by Gasteiger charge is -2.01. The second-order valence-electron chi connectivity index (χ2n) is 3.11. The number of Topliss-reactive ketones (excluding diaryl/α,β-unsaturated/α-hetero) is 1. The van der Waals surface area contributed by atoms with E-state index in [9.17, 15) is 18.0 Å². The molecule has 1 aromatic rings. The van der Waals surface area contributed by atoms with Crippen molar-refractivity contribution >= 4 is 17.4 Å². The second-order valence-corrected chi connectivity index (χ2v) is 3.48. The van der Waals surface area contributed by atoms with Crippen molar-refractivity contribution in [3.8, 4) is 0 Å². The summed E-state index contributed by atoms with van der Waals surface area (Å²) in [4.78, 5) is 10.8. The summed E-state index contributed by atoms with van der Waals surface area (Å²) in [5, 5.41) is 2.80. The van der Waals surface area contributed by atoms with Crippen LogP contribution in [0.1, 0.15) is 18.3 Å². The van der Waals surface area contributed by atoms with E-state index in [1.54, 1.807) is 0 Å². The van der Waals surface area contributed by atoms with Crippen molar-refractivity contribution in [3.63, 3.8) is 0 Å². The maximum Gasteiger partial charge on any atom is 0.436 e. The number of hydrogen-bond donors (Lipinski definition) is 0. The first-order chi connectivity index (χ1) is 6.73. The number of alkyl halides is 3. The number of ketones is 1. The molecule has 0 fully saturated rings. The highest BCUT2D eigenvalue weighted by Crippen LogP contribution is 2.35. The van der Waals surface area contributed by atoms with Gasteiger partial charge in [-0.25, -0.2) is 0 Å². The summed E-state index contributed by atoms with van der Waals surface area (Å²) in [7, 11) is 0. The molecule has 15 heavy (non-hydrogen) atoms. The van der Waals surface area contributed by atoms with Gasteiger partial charge >= 0.3 is 6.18 Å². The van der Waals surface area contributed by atoms with E-state index in [1.165, 1.54) is 13.8 Å². The zero-order valence-electron chi connectivity index (χ0n) is 8.02. The molecule has 1 heterocycles. The molecule has 0 aliphatic carbocycles. The van der Waals surface area contributed by atoms with Crippen LogP contribution in [-0.2, 0) is 17.5 Å². The van der Waals surface area contributed by atoms with Crippen molar-refractivity contribution in [2.75, 3.05) is 0 Å². The van der Waals surface area contributed by atoms with Gasteiger partial charge in [0.15, 0.2) is 11.5 Å². The number of halogens is 4. The van der Waals surface area contributed by atoms with E-state index in [0.29, 0.717) is 0 Å². The number of aromatic nitrogens is 2. The summed E-state index contributed by atoms with van der Waals surface area (Å²) in [6.45, 7) is 2.44. The van der Waals surface area contributed by atoms with Gasteiger partial charge in [0.25, 0.3) is 0 Å². The van der Waals surface area contributed by atoms with Crippen LogP contribution in [0.2, 0.25) is 5.02 Å². The third kappa shape index (κ3) is 2.50. The van der Waals surface area contributed by atoms with Gasteiger partial charge in [-0.15, -0.1) is 0 Å². The van der Waals surface area contributed by atoms with Crippen LogP contribution in [0.5, 0.6) is 0 Å². The Kier molecular flexibility index (Phi) is 3.08. The standard InChI is InChI=1S/C8H8ClF3N2O/c1-4(15)3-14-5(2)6(9)7(13-14)8(10,11)12/h3H2,1-2H3. The van der Waals surface area contributed by atoms with Crippen molar-refractivity contribution in [2.45, 2.75) is 26.6 Å². The first-order valence-corrected chi connectivity index (χ1v) is 4.41. The van der Waals surface area contributed by atoms with Crippen molar-refractivity contribution in [1.29, 1.82) is 0 Å². The van der Waals surface area contributed by atoms with Crippen molar-refractivity contribution in [3.05, 3.63) is 16.4 Å². The van der Waals surface area contributed by atoms with Crippen molar-refractivity contribution < 1.29 is 18.0 Å². The molecule has 0 radical (unpaired) electrons. The minimum Gasteiger partial charge on any atom is -0.298 e. The van der Waals surface area contributed by atoms with Gasteiger partial charge < -0.3 is 0 Å². The van der Waals surface area contributed by atoms with Crippen LogP contribution in [-0.4, -0.2) is 15.6 Å². The zero-order chi connectivity index (χ0) is 11.8. The monoisotopic (exact) mass is 240 g/mol. The number of nitrogens with zero attached hydrogens (tertiary/aromatic N) is 2. The summed E-state index contributed by atoms with van der Waals surface area (Å²) in [6.07, 6.45) is -4.59. The Balaban J connectivity index is 3.18. The average Bonchev–Trinajstić information content (AvgIpc) is 2.30.